The Morgan fingerprint density at radius 1 is 1.17 bits per heavy atom. The molecule has 2 aliphatic rings. The second kappa shape index (κ2) is 9.74. The summed E-state index contributed by atoms with van der Waals surface area (Å²) in [4.78, 5) is 22.2. The van der Waals surface area contributed by atoms with E-state index < -0.39 is 5.60 Å². The van der Waals surface area contributed by atoms with Gasteiger partial charge in [0.05, 0.1) is 5.69 Å². The smallest absolute Gasteiger partial charge is 0.410 e. The van der Waals surface area contributed by atoms with Crippen LogP contribution >= 0.6 is 0 Å². The number of aromatic nitrogens is 2. The SMILES string of the molecule is CC(C)(C)OC(=O)N1CC=C(c2cc3c(Nc4cccc(C5CCNCC5)c4)ccnc3[nH]2)CC1. The molecule has 7 nitrogen and oxygen atoms in total. The molecule has 7 heteroatoms. The molecule has 1 fully saturated rings. The van der Waals surface area contributed by atoms with Gasteiger partial charge in [-0.2, -0.15) is 0 Å². The molecule has 0 bridgehead atoms. The van der Waals surface area contributed by atoms with E-state index in [-0.39, 0.29) is 6.09 Å². The molecule has 2 aromatic heterocycles. The molecule has 0 spiro atoms. The predicted octanol–water partition coefficient (Wildman–Crippen LogP) is 5.80. The van der Waals surface area contributed by atoms with Gasteiger partial charge in [-0.3, -0.25) is 0 Å². The Kier molecular flexibility index (Phi) is 6.52. The summed E-state index contributed by atoms with van der Waals surface area (Å²) in [6, 6.07) is 13.0. The van der Waals surface area contributed by atoms with Gasteiger partial charge in [0.1, 0.15) is 11.2 Å². The molecule has 5 rings (SSSR count). The monoisotopic (exact) mass is 473 g/mol. The number of piperidine rings is 1. The van der Waals surface area contributed by atoms with Crippen LogP contribution in [0.4, 0.5) is 16.2 Å². The van der Waals surface area contributed by atoms with Crippen molar-refractivity contribution < 1.29 is 9.53 Å². The van der Waals surface area contributed by atoms with Crippen LogP contribution in [-0.4, -0.2) is 52.7 Å². The number of aromatic amines is 1. The predicted molar refractivity (Wildman–Crippen MR) is 141 cm³/mol. The van der Waals surface area contributed by atoms with Crippen molar-refractivity contribution >= 4 is 34.1 Å². The van der Waals surface area contributed by atoms with Crippen LogP contribution in [0.5, 0.6) is 0 Å². The minimum atomic E-state index is -0.486. The van der Waals surface area contributed by atoms with Crippen molar-refractivity contribution in [3.8, 4) is 0 Å². The molecule has 1 amide bonds. The van der Waals surface area contributed by atoms with Crippen molar-refractivity contribution in [2.45, 2.75) is 51.6 Å². The van der Waals surface area contributed by atoms with E-state index in [1.165, 1.54) is 24.0 Å². The van der Waals surface area contributed by atoms with E-state index in [9.17, 15) is 4.79 Å². The minimum absolute atomic E-state index is 0.260. The van der Waals surface area contributed by atoms with Crippen molar-refractivity contribution in [1.29, 1.82) is 0 Å². The van der Waals surface area contributed by atoms with E-state index in [2.05, 4.69) is 57.0 Å². The fraction of sp³-hybridized carbons (Fsp3) is 0.429. The Morgan fingerprint density at radius 2 is 2.00 bits per heavy atom. The number of hydrogen-bond donors (Lipinski definition) is 3. The summed E-state index contributed by atoms with van der Waals surface area (Å²) in [5.41, 5.74) is 6.15. The minimum Gasteiger partial charge on any atom is -0.444 e. The van der Waals surface area contributed by atoms with Gasteiger partial charge in [-0.25, -0.2) is 9.78 Å². The Balaban J connectivity index is 1.33. The summed E-state index contributed by atoms with van der Waals surface area (Å²) in [7, 11) is 0. The van der Waals surface area contributed by atoms with Gasteiger partial charge in [-0.05, 0) is 94.4 Å². The number of rotatable bonds is 4. The third-order valence-electron chi connectivity index (χ3n) is 6.71. The Labute approximate surface area is 207 Å². The summed E-state index contributed by atoms with van der Waals surface area (Å²) < 4.78 is 5.51. The number of carbonyl (C=O) groups is 1. The summed E-state index contributed by atoms with van der Waals surface area (Å²) in [6.07, 6.45) is 6.82. The topological polar surface area (TPSA) is 82.3 Å². The van der Waals surface area contributed by atoms with Gasteiger partial charge in [0.2, 0.25) is 0 Å². The standard InChI is InChI=1S/C28H35N5O2/c1-28(2,3)35-27(34)33-15-10-20(11-16-33)25-18-23-24(9-14-30-26(23)32-25)31-22-6-4-5-21(17-22)19-7-12-29-13-8-19/h4-6,9-10,14,17-19,29H,7-8,11-13,15-16H2,1-3H3,(H2,30,31,32). The van der Waals surface area contributed by atoms with Crippen LogP contribution in [0.15, 0.2) is 48.7 Å². The highest BCUT2D eigenvalue weighted by Gasteiger charge is 2.24. The first kappa shape index (κ1) is 23.4. The number of pyridine rings is 1. The molecule has 0 unspecified atom stereocenters. The van der Waals surface area contributed by atoms with Crippen LogP contribution in [0.3, 0.4) is 0 Å². The highest BCUT2D eigenvalue weighted by Crippen LogP contribution is 2.32. The van der Waals surface area contributed by atoms with E-state index in [1.54, 1.807) is 4.90 Å². The number of fused-ring (bicyclic) bond motifs is 1. The second-order valence-corrected chi connectivity index (χ2v) is 10.5. The van der Waals surface area contributed by atoms with E-state index in [4.69, 9.17) is 4.74 Å². The van der Waals surface area contributed by atoms with E-state index in [1.807, 2.05) is 33.0 Å². The van der Waals surface area contributed by atoms with Gasteiger partial charge in [0, 0.05) is 36.1 Å². The Morgan fingerprint density at radius 3 is 2.74 bits per heavy atom. The van der Waals surface area contributed by atoms with Crippen LogP contribution in [0.25, 0.3) is 16.6 Å². The molecule has 1 saturated heterocycles. The first-order valence-corrected chi connectivity index (χ1v) is 12.6. The van der Waals surface area contributed by atoms with Gasteiger partial charge >= 0.3 is 6.09 Å². The number of amides is 1. The number of nitrogens with zero attached hydrogens (tertiary/aromatic N) is 2. The van der Waals surface area contributed by atoms with Gasteiger partial charge in [-0.1, -0.05) is 18.2 Å². The zero-order chi connectivity index (χ0) is 24.4. The summed E-state index contributed by atoms with van der Waals surface area (Å²) >= 11 is 0. The highest BCUT2D eigenvalue weighted by atomic mass is 16.6. The number of nitrogens with one attached hydrogen (secondary N) is 3. The third kappa shape index (κ3) is 5.51. The maximum atomic E-state index is 12.4. The molecule has 184 valence electrons. The quantitative estimate of drug-likeness (QED) is 0.446. The molecule has 3 aromatic rings. The fourth-order valence-corrected chi connectivity index (χ4v) is 4.90. The number of ether oxygens (including phenoxy) is 1. The molecule has 0 aliphatic carbocycles. The van der Waals surface area contributed by atoms with Crippen LogP contribution in [0.1, 0.15) is 57.2 Å². The number of anilines is 2. The molecule has 2 aliphatic heterocycles. The average molecular weight is 474 g/mol. The molecule has 4 heterocycles. The van der Waals surface area contributed by atoms with Crippen LogP contribution < -0.4 is 10.6 Å². The number of hydrogen-bond acceptors (Lipinski definition) is 5. The zero-order valence-corrected chi connectivity index (χ0v) is 20.9. The lowest BCUT2D eigenvalue weighted by Gasteiger charge is -2.29. The van der Waals surface area contributed by atoms with E-state index in [0.29, 0.717) is 19.0 Å². The lowest BCUT2D eigenvalue weighted by molar-refractivity contribution is 0.0270. The van der Waals surface area contributed by atoms with Crippen molar-refractivity contribution in [3.63, 3.8) is 0 Å². The lowest BCUT2D eigenvalue weighted by atomic mass is 9.90. The molecule has 3 N–H and O–H groups in total. The maximum Gasteiger partial charge on any atom is 0.410 e. The van der Waals surface area contributed by atoms with Gasteiger partial charge in [0.25, 0.3) is 0 Å². The molecule has 35 heavy (non-hydrogen) atoms. The molecule has 0 radical (unpaired) electrons. The average Bonchev–Trinajstić information content (AvgIpc) is 3.29. The Hall–Kier alpha value is -3.32. The normalized spacial score (nSPS) is 17.3. The maximum absolute atomic E-state index is 12.4. The first-order valence-electron chi connectivity index (χ1n) is 12.6. The van der Waals surface area contributed by atoms with Crippen molar-refractivity contribution in [1.82, 2.24) is 20.2 Å². The largest absolute Gasteiger partial charge is 0.444 e. The zero-order valence-electron chi connectivity index (χ0n) is 20.9. The third-order valence-corrected chi connectivity index (χ3v) is 6.71. The number of benzene rings is 1. The lowest BCUT2D eigenvalue weighted by Crippen LogP contribution is -2.39. The van der Waals surface area contributed by atoms with Gasteiger partial charge in [-0.15, -0.1) is 0 Å². The number of carbonyl (C=O) groups excluding carboxylic acids is 1. The molecular weight excluding hydrogens is 438 g/mol. The van der Waals surface area contributed by atoms with Crippen LogP contribution in [0.2, 0.25) is 0 Å². The molecule has 0 atom stereocenters. The van der Waals surface area contributed by atoms with Crippen LogP contribution in [0, 0.1) is 0 Å². The van der Waals surface area contributed by atoms with E-state index >= 15 is 0 Å². The second-order valence-electron chi connectivity index (χ2n) is 10.5. The fourth-order valence-electron chi connectivity index (χ4n) is 4.90. The van der Waals surface area contributed by atoms with Gasteiger partial charge in [0.15, 0.2) is 0 Å². The number of H-pyrrole nitrogens is 1. The van der Waals surface area contributed by atoms with Gasteiger partial charge < -0.3 is 25.3 Å². The molecule has 0 saturated carbocycles. The van der Waals surface area contributed by atoms with E-state index in [0.717, 1.165) is 47.6 Å². The van der Waals surface area contributed by atoms with Crippen molar-refractivity contribution in [3.05, 3.63) is 59.9 Å². The summed E-state index contributed by atoms with van der Waals surface area (Å²) in [5.74, 6) is 0.618. The molecular formula is C28H35N5O2. The summed E-state index contributed by atoms with van der Waals surface area (Å²) in [5, 5.41) is 8.13. The Bertz CT molecular complexity index is 1230. The molecule has 1 aromatic carbocycles. The first-order chi connectivity index (χ1) is 16.9. The van der Waals surface area contributed by atoms with Crippen molar-refractivity contribution in [2.24, 2.45) is 0 Å². The summed E-state index contributed by atoms with van der Waals surface area (Å²) in [6.45, 7) is 9.03. The van der Waals surface area contributed by atoms with Crippen molar-refractivity contribution in [2.75, 3.05) is 31.5 Å². The highest BCUT2D eigenvalue weighted by molar-refractivity contribution is 5.94. The van der Waals surface area contributed by atoms with Crippen LogP contribution in [-0.2, 0) is 4.74 Å².